The lowest BCUT2D eigenvalue weighted by atomic mass is 9.97. The van der Waals surface area contributed by atoms with E-state index in [0.29, 0.717) is 18.8 Å². The van der Waals surface area contributed by atoms with Gasteiger partial charge in [0.05, 0.1) is 0 Å². The minimum atomic E-state index is -1.11. The van der Waals surface area contributed by atoms with Gasteiger partial charge in [0.15, 0.2) is 17.3 Å². The number of nitrogens with zero attached hydrogens (tertiary/aromatic N) is 3. The number of likely N-dealkylation sites (tertiary alicyclic amines) is 1. The van der Waals surface area contributed by atoms with Crippen LogP contribution in [0, 0.1) is 18.8 Å². The Morgan fingerprint density at radius 3 is 2.96 bits per heavy atom. The van der Waals surface area contributed by atoms with Crippen molar-refractivity contribution in [2.75, 3.05) is 13.1 Å². The zero-order valence-corrected chi connectivity index (χ0v) is 14.7. The number of aryl methyl sites for hydroxylation is 1. The van der Waals surface area contributed by atoms with Gasteiger partial charge < -0.3 is 14.4 Å². The van der Waals surface area contributed by atoms with Crippen molar-refractivity contribution in [3.05, 3.63) is 35.3 Å². The smallest absolute Gasteiger partial charge is 0.289 e. The molecule has 0 bridgehead atoms. The third kappa shape index (κ3) is 4.28. The molecule has 0 radical (unpaired) electrons. The summed E-state index contributed by atoms with van der Waals surface area (Å²) in [4.78, 5) is 18.8. The van der Waals surface area contributed by atoms with Crippen LogP contribution in [0.4, 0.5) is 0 Å². The Kier molecular flexibility index (Phi) is 4.64. The molecule has 132 valence electrons. The van der Waals surface area contributed by atoms with Gasteiger partial charge in [-0.2, -0.15) is 5.10 Å². The summed E-state index contributed by atoms with van der Waals surface area (Å²) in [6, 6.07) is 3.27. The number of furan rings is 1. The second-order valence-corrected chi connectivity index (χ2v) is 6.84. The number of amides is 1. The monoisotopic (exact) mass is 342 g/mol. The van der Waals surface area contributed by atoms with Crippen molar-refractivity contribution < 1.29 is 14.3 Å². The lowest BCUT2D eigenvalue weighted by Gasteiger charge is -2.30. The van der Waals surface area contributed by atoms with Crippen molar-refractivity contribution in [3.8, 4) is 11.8 Å². The Morgan fingerprint density at radius 1 is 1.48 bits per heavy atom. The molecule has 2 N–H and O–H groups in total. The van der Waals surface area contributed by atoms with Crippen molar-refractivity contribution in [1.82, 2.24) is 20.1 Å². The maximum atomic E-state index is 12.7. The molecule has 3 rings (SSSR count). The van der Waals surface area contributed by atoms with Crippen molar-refractivity contribution in [2.45, 2.75) is 45.1 Å². The molecule has 3 heterocycles. The molecule has 2 aromatic heterocycles. The normalized spacial score (nSPS) is 17.9. The summed E-state index contributed by atoms with van der Waals surface area (Å²) in [6.45, 7) is 6.30. The van der Waals surface area contributed by atoms with Crippen molar-refractivity contribution in [2.24, 2.45) is 0 Å². The van der Waals surface area contributed by atoms with Gasteiger partial charge in [-0.05, 0) is 51.7 Å². The Bertz CT molecular complexity index is 819. The number of carbonyl (C=O) groups excluding carboxylic acids is 1. The van der Waals surface area contributed by atoms with Crippen LogP contribution in [0.5, 0.6) is 0 Å². The number of nitrogens with one attached hydrogen (secondary N) is 1. The standard InChI is InChI=1S/C18H22N4O3/c1-12-19-16(21-20-12)13-5-4-10-22(11-13)17(23)15-7-6-14(25-15)8-9-18(2,3)24/h6-7,13,24H,4-5,10-11H2,1-3H3,(H,19,20,21). The molecule has 1 amide bonds. The molecular formula is C18H22N4O3. The number of aromatic amines is 1. The van der Waals surface area contributed by atoms with Crippen LogP contribution < -0.4 is 0 Å². The topological polar surface area (TPSA) is 95.2 Å². The number of H-pyrrole nitrogens is 1. The van der Waals surface area contributed by atoms with E-state index in [2.05, 4.69) is 27.0 Å². The number of piperidine rings is 1. The minimum absolute atomic E-state index is 0.132. The first-order chi connectivity index (χ1) is 11.8. The molecule has 7 nitrogen and oxygen atoms in total. The van der Waals surface area contributed by atoms with E-state index in [9.17, 15) is 9.90 Å². The van der Waals surface area contributed by atoms with E-state index in [4.69, 9.17) is 4.42 Å². The predicted molar refractivity (Wildman–Crippen MR) is 90.9 cm³/mol. The van der Waals surface area contributed by atoms with Gasteiger partial charge in [0.2, 0.25) is 0 Å². The van der Waals surface area contributed by atoms with E-state index in [1.807, 2.05) is 6.92 Å². The van der Waals surface area contributed by atoms with Crippen LogP contribution in [-0.2, 0) is 0 Å². The van der Waals surface area contributed by atoms with E-state index in [1.54, 1.807) is 30.9 Å². The molecule has 25 heavy (non-hydrogen) atoms. The van der Waals surface area contributed by atoms with Crippen LogP contribution in [0.25, 0.3) is 0 Å². The highest BCUT2D eigenvalue weighted by molar-refractivity contribution is 5.91. The summed E-state index contributed by atoms with van der Waals surface area (Å²) in [5.74, 6) is 7.53. The second kappa shape index (κ2) is 6.73. The fraction of sp³-hybridized carbons (Fsp3) is 0.500. The first kappa shape index (κ1) is 17.2. The van der Waals surface area contributed by atoms with Crippen molar-refractivity contribution >= 4 is 5.91 Å². The molecule has 2 aromatic rings. The molecule has 1 atom stereocenters. The number of aromatic nitrogens is 3. The van der Waals surface area contributed by atoms with Crippen LogP contribution in [-0.4, -0.2) is 49.8 Å². The summed E-state index contributed by atoms with van der Waals surface area (Å²) in [5.41, 5.74) is -1.11. The van der Waals surface area contributed by atoms with Gasteiger partial charge in [0.1, 0.15) is 11.4 Å². The van der Waals surface area contributed by atoms with Gasteiger partial charge >= 0.3 is 0 Å². The maximum Gasteiger partial charge on any atom is 0.289 e. The number of hydrogen-bond acceptors (Lipinski definition) is 5. The molecule has 1 aliphatic heterocycles. The summed E-state index contributed by atoms with van der Waals surface area (Å²) >= 11 is 0. The Morgan fingerprint density at radius 2 is 2.28 bits per heavy atom. The molecule has 0 saturated carbocycles. The highest BCUT2D eigenvalue weighted by Crippen LogP contribution is 2.25. The van der Waals surface area contributed by atoms with Crippen molar-refractivity contribution in [1.29, 1.82) is 0 Å². The van der Waals surface area contributed by atoms with Gasteiger partial charge in [0.25, 0.3) is 5.91 Å². The summed E-state index contributed by atoms with van der Waals surface area (Å²) < 4.78 is 5.53. The summed E-state index contributed by atoms with van der Waals surface area (Å²) in [6.07, 6.45) is 1.86. The van der Waals surface area contributed by atoms with Gasteiger partial charge in [0, 0.05) is 19.0 Å². The minimum Gasteiger partial charge on any atom is -0.443 e. The zero-order chi connectivity index (χ0) is 18.0. The second-order valence-electron chi connectivity index (χ2n) is 6.84. The number of carbonyl (C=O) groups is 1. The van der Waals surface area contributed by atoms with Crippen LogP contribution in [0.1, 0.15) is 60.6 Å². The van der Waals surface area contributed by atoms with Gasteiger partial charge in [-0.25, -0.2) is 4.98 Å². The SMILES string of the molecule is Cc1nc(C2CCCN(C(=O)c3ccc(C#CC(C)(C)O)o3)C2)n[nH]1. The third-order valence-corrected chi connectivity index (χ3v) is 4.00. The van der Waals surface area contributed by atoms with E-state index in [0.717, 1.165) is 24.5 Å². The molecule has 0 aromatic carbocycles. The first-order valence-electron chi connectivity index (χ1n) is 8.35. The predicted octanol–water partition coefficient (Wildman–Crippen LogP) is 1.85. The molecule has 7 heteroatoms. The molecule has 0 aliphatic carbocycles. The molecule has 1 aliphatic rings. The fourth-order valence-electron chi connectivity index (χ4n) is 2.81. The lowest BCUT2D eigenvalue weighted by Crippen LogP contribution is -2.39. The van der Waals surface area contributed by atoms with Crippen LogP contribution in [0.3, 0.4) is 0 Å². The number of rotatable bonds is 2. The Hall–Kier alpha value is -2.59. The molecular weight excluding hydrogens is 320 g/mol. The molecule has 1 unspecified atom stereocenters. The number of hydrogen-bond donors (Lipinski definition) is 2. The average molecular weight is 342 g/mol. The highest BCUT2D eigenvalue weighted by Gasteiger charge is 2.29. The van der Waals surface area contributed by atoms with Crippen LogP contribution in [0.15, 0.2) is 16.5 Å². The van der Waals surface area contributed by atoms with Crippen LogP contribution in [0.2, 0.25) is 0 Å². The third-order valence-electron chi connectivity index (χ3n) is 4.00. The van der Waals surface area contributed by atoms with Crippen LogP contribution >= 0.6 is 0 Å². The molecule has 1 fully saturated rings. The summed E-state index contributed by atoms with van der Waals surface area (Å²) in [5, 5.41) is 16.7. The number of aliphatic hydroxyl groups is 1. The first-order valence-corrected chi connectivity index (χ1v) is 8.35. The molecule has 1 saturated heterocycles. The van der Waals surface area contributed by atoms with Gasteiger partial charge in [-0.1, -0.05) is 5.92 Å². The quantitative estimate of drug-likeness (QED) is 0.812. The zero-order valence-electron chi connectivity index (χ0n) is 14.7. The Balaban J connectivity index is 1.70. The maximum absolute atomic E-state index is 12.7. The van der Waals surface area contributed by atoms with E-state index >= 15 is 0 Å². The van der Waals surface area contributed by atoms with E-state index in [1.165, 1.54) is 0 Å². The lowest BCUT2D eigenvalue weighted by molar-refractivity contribution is 0.0672. The highest BCUT2D eigenvalue weighted by atomic mass is 16.4. The van der Waals surface area contributed by atoms with Gasteiger partial charge in [-0.15, -0.1) is 0 Å². The average Bonchev–Trinajstić information content (AvgIpc) is 3.21. The fourth-order valence-corrected chi connectivity index (χ4v) is 2.81. The van der Waals surface area contributed by atoms with Crippen molar-refractivity contribution in [3.63, 3.8) is 0 Å². The Labute approximate surface area is 146 Å². The summed E-state index contributed by atoms with van der Waals surface area (Å²) in [7, 11) is 0. The largest absolute Gasteiger partial charge is 0.443 e. The van der Waals surface area contributed by atoms with E-state index in [-0.39, 0.29) is 17.6 Å². The van der Waals surface area contributed by atoms with E-state index < -0.39 is 5.60 Å². The molecule has 0 spiro atoms. The van der Waals surface area contributed by atoms with Gasteiger partial charge in [-0.3, -0.25) is 9.89 Å².